The summed E-state index contributed by atoms with van der Waals surface area (Å²) < 4.78 is 42.1. The maximum atomic E-state index is 12.7. The average Bonchev–Trinajstić information content (AvgIpc) is 2.85. The van der Waals surface area contributed by atoms with E-state index in [-0.39, 0.29) is 12.0 Å². The Balaban J connectivity index is 2.22. The number of hydrogen-bond acceptors (Lipinski definition) is 3. The SMILES string of the molecule is N#CCc1cccc(OC(F)(F)F)c1-c1ccc2[nH]c(=O)[nH]c2c1. The second-order valence-corrected chi connectivity index (χ2v) is 5.01. The second-order valence-electron chi connectivity index (χ2n) is 5.01. The van der Waals surface area contributed by atoms with E-state index in [0.717, 1.165) is 0 Å². The normalized spacial score (nSPS) is 11.4. The molecule has 0 unspecified atom stereocenters. The molecule has 0 fully saturated rings. The molecule has 0 bridgehead atoms. The molecule has 122 valence electrons. The summed E-state index contributed by atoms with van der Waals surface area (Å²) in [5, 5.41) is 8.92. The zero-order valence-electron chi connectivity index (χ0n) is 12.1. The van der Waals surface area contributed by atoms with Crippen molar-refractivity contribution in [1.29, 1.82) is 5.26 Å². The quantitative estimate of drug-likeness (QED) is 0.770. The van der Waals surface area contributed by atoms with E-state index in [1.54, 1.807) is 18.2 Å². The number of rotatable bonds is 3. The van der Waals surface area contributed by atoms with Crippen LogP contribution in [0.3, 0.4) is 0 Å². The molecule has 0 aliphatic rings. The van der Waals surface area contributed by atoms with Gasteiger partial charge >= 0.3 is 12.1 Å². The Morgan fingerprint density at radius 2 is 1.88 bits per heavy atom. The maximum absolute atomic E-state index is 12.7. The van der Waals surface area contributed by atoms with Gasteiger partial charge in [-0.25, -0.2) is 4.79 Å². The Bertz CT molecular complexity index is 996. The minimum Gasteiger partial charge on any atom is -0.405 e. The minimum absolute atomic E-state index is 0.0773. The number of hydrogen-bond donors (Lipinski definition) is 2. The molecule has 0 radical (unpaired) electrons. The lowest BCUT2D eigenvalue weighted by molar-refractivity contribution is -0.274. The van der Waals surface area contributed by atoms with Crippen molar-refractivity contribution in [3.63, 3.8) is 0 Å². The highest BCUT2D eigenvalue weighted by Gasteiger charge is 2.32. The predicted octanol–water partition coefficient (Wildman–Crippen LogP) is 3.49. The molecule has 0 aliphatic carbocycles. The van der Waals surface area contributed by atoms with Crippen LogP contribution in [-0.2, 0) is 6.42 Å². The molecule has 3 rings (SSSR count). The van der Waals surface area contributed by atoms with Crippen LogP contribution < -0.4 is 10.4 Å². The summed E-state index contributed by atoms with van der Waals surface area (Å²) in [6.07, 6.45) is -4.93. The van der Waals surface area contributed by atoms with E-state index in [4.69, 9.17) is 5.26 Å². The van der Waals surface area contributed by atoms with Crippen molar-refractivity contribution in [3.05, 3.63) is 52.4 Å². The summed E-state index contributed by atoms with van der Waals surface area (Å²) in [5.41, 5.74) is 1.53. The Morgan fingerprint density at radius 3 is 2.58 bits per heavy atom. The first-order valence-corrected chi connectivity index (χ1v) is 6.84. The molecule has 1 heterocycles. The summed E-state index contributed by atoms with van der Waals surface area (Å²) >= 11 is 0. The van der Waals surface area contributed by atoms with E-state index >= 15 is 0 Å². The number of halogens is 3. The van der Waals surface area contributed by atoms with Gasteiger partial charge in [-0.15, -0.1) is 13.2 Å². The number of aromatic nitrogens is 2. The van der Waals surface area contributed by atoms with Gasteiger partial charge in [0.1, 0.15) is 5.75 Å². The first kappa shape index (κ1) is 15.7. The molecule has 8 heteroatoms. The number of nitrogens with zero attached hydrogens (tertiary/aromatic N) is 1. The summed E-state index contributed by atoms with van der Waals surface area (Å²) in [6, 6.07) is 10.7. The number of ether oxygens (including phenoxy) is 1. The van der Waals surface area contributed by atoms with Gasteiger partial charge in [0.25, 0.3) is 0 Å². The fourth-order valence-corrected chi connectivity index (χ4v) is 2.53. The van der Waals surface area contributed by atoms with Crippen molar-refractivity contribution in [3.8, 4) is 22.9 Å². The number of imidazole rings is 1. The van der Waals surface area contributed by atoms with Gasteiger partial charge in [0.05, 0.1) is 23.5 Å². The largest absolute Gasteiger partial charge is 0.573 e. The van der Waals surface area contributed by atoms with E-state index in [2.05, 4.69) is 14.7 Å². The summed E-state index contributed by atoms with van der Waals surface area (Å²) in [5.74, 6) is -0.396. The van der Waals surface area contributed by atoms with Gasteiger partial charge in [0.15, 0.2) is 0 Å². The molecular weight excluding hydrogens is 323 g/mol. The van der Waals surface area contributed by atoms with Crippen molar-refractivity contribution >= 4 is 11.0 Å². The zero-order chi connectivity index (χ0) is 17.3. The zero-order valence-corrected chi connectivity index (χ0v) is 12.1. The molecular formula is C16H10F3N3O2. The third-order valence-electron chi connectivity index (χ3n) is 3.41. The van der Waals surface area contributed by atoms with Crippen molar-refractivity contribution in [2.24, 2.45) is 0 Å². The minimum atomic E-state index is -4.85. The molecule has 24 heavy (non-hydrogen) atoms. The van der Waals surface area contributed by atoms with Gasteiger partial charge < -0.3 is 14.7 Å². The number of benzene rings is 2. The molecule has 0 atom stereocenters. The highest BCUT2D eigenvalue weighted by Crippen LogP contribution is 2.37. The van der Waals surface area contributed by atoms with Crippen LogP contribution in [0.4, 0.5) is 13.2 Å². The lowest BCUT2D eigenvalue weighted by Gasteiger charge is -2.16. The van der Waals surface area contributed by atoms with E-state index in [0.29, 0.717) is 22.2 Å². The Hall–Kier alpha value is -3.21. The maximum Gasteiger partial charge on any atom is 0.573 e. The van der Waals surface area contributed by atoms with Gasteiger partial charge in [0.2, 0.25) is 0 Å². The number of fused-ring (bicyclic) bond motifs is 1. The van der Waals surface area contributed by atoms with Gasteiger partial charge in [-0.1, -0.05) is 18.2 Å². The third-order valence-corrected chi connectivity index (χ3v) is 3.41. The standard InChI is InChI=1S/C16H10F3N3O2/c17-16(18,19)24-13-3-1-2-9(6-7-20)14(13)10-4-5-11-12(8-10)22-15(23)21-11/h1-5,8H,6H2,(H2,21,22,23). The monoisotopic (exact) mass is 333 g/mol. The Kier molecular flexibility index (Phi) is 3.77. The number of aromatic amines is 2. The van der Waals surface area contributed by atoms with Crippen molar-refractivity contribution < 1.29 is 17.9 Å². The molecule has 2 aromatic carbocycles. The van der Waals surface area contributed by atoms with Gasteiger partial charge in [-0.05, 0) is 29.3 Å². The molecule has 1 aromatic heterocycles. The lowest BCUT2D eigenvalue weighted by atomic mass is 9.96. The fraction of sp³-hybridized carbons (Fsp3) is 0.125. The lowest BCUT2D eigenvalue weighted by Crippen LogP contribution is -2.18. The molecule has 0 amide bonds. The van der Waals surface area contributed by atoms with Crippen LogP contribution in [-0.4, -0.2) is 16.3 Å². The van der Waals surface area contributed by atoms with Crippen molar-refractivity contribution in [2.45, 2.75) is 12.8 Å². The van der Waals surface area contributed by atoms with Crippen LogP contribution in [0.1, 0.15) is 5.56 Å². The number of alkyl halides is 3. The predicted molar refractivity (Wildman–Crippen MR) is 80.4 cm³/mol. The van der Waals surface area contributed by atoms with Gasteiger partial charge in [-0.2, -0.15) is 5.26 Å². The van der Waals surface area contributed by atoms with Gasteiger partial charge in [-0.3, -0.25) is 0 Å². The first-order valence-electron chi connectivity index (χ1n) is 6.84. The molecule has 2 N–H and O–H groups in total. The van der Waals surface area contributed by atoms with E-state index in [1.807, 2.05) is 6.07 Å². The summed E-state index contributed by atoms with van der Waals surface area (Å²) in [4.78, 5) is 16.4. The van der Waals surface area contributed by atoms with Crippen LogP contribution in [0, 0.1) is 11.3 Å². The van der Waals surface area contributed by atoms with Crippen LogP contribution >= 0.6 is 0 Å². The van der Waals surface area contributed by atoms with Crippen LogP contribution in [0.5, 0.6) is 5.75 Å². The van der Waals surface area contributed by atoms with Crippen molar-refractivity contribution in [2.75, 3.05) is 0 Å². The molecule has 5 nitrogen and oxygen atoms in total. The fourth-order valence-electron chi connectivity index (χ4n) is 2.53. The molecule has 0 saturated heterocycles. The topological polar surface area (TPSA) is 81.7 Å². The Morgan fingerprint density at radius 1 is 1.12 bits per heavy atom. The third kappa shape index (κ3) is 3.10. The molecule has 0 spiro atoms. The average molecular weight is 333 g/mol. The highest BCUT2D eigenvalue weighted by atomic mass is 19.4. The van der Waals surface area contributed by atoms with Crippen LogP contribution in [0.25, 0.3) is 22.2 Å². The smallest absolute Gasteiger partial charge is 0.405 e. The van der Waals surface area contributed by atoms with E-state index < -0.39 is 17.8 Å². The number of nitrogens with one attached hydrogen (secondary N) is 2. The highest BCUT2D eigenvalue weighted by molar-refractivity contribution is 5.84. The van der Waals surface area contributed by atoms with Crippen LogP contribution in [0.15, 0.2) is 41.2 Å². The van der Waals surface area contributed by atoms with Crippen LogP contribution in [0.2, 0.25) is 0 Å². The summed E-state index contributed by atoms with van der Waals surface area (Å²) in [7, 11) is 0. The number of nitriles is 1. The molecule has 3 aromatic rings. The summed E-state index contributed by atoms with van der Waals surface area (Å²) in [6.45, 7) is 0. The Labute approximate surface area is 133 Å². The molecule has 0 saturated carbocycles. The van der Waals surface area contributed by atoms with Gasteiger partial charge in [0, 0.05) is 5.56 Å². The number of H-pyrrole nitrogens is 2. The second kappa shape index (κ2) is 5.77. The molecule has 0 aliphatic heterocycles. The van der Waals surface area contributed by atoms with E-state index in [1.165, 1.54) is 18.2 Å². The van der Waals surface area contributed by atoms with Crippen molar-refractivity contribution in [1.82, 2.24) is 9.97 Å². The first-order chi connectivity index (χ1) is 11.4. The van der Waals surface area contributed by atoms with E-state index in [9.17, 15) is 18.0 Å².